The second-order valence-electron chi connectivity index (χ2n) is 7.88. The number of carbonyl (C=O) groups excluding carboxylic acids is 1. The molecule has 0 radical (unpaired) electrons. The molecule has 2 N–H and O–H groups in total. The minimum absolute atomic E-state index is 0.0315. The van der Waals surface area contributed by atoms with E-state index in [1.54, 1.807) is 31.5 Å². The minimum atomic E-state index is -1.62. The first-order chi connectivity index (χ1) is 15.3. The Kier molecular flexibility index (Phi) is 5.64. The summed E-state index contributed by atoms with van der Waals surface area (Å²) in [4.78, 5) is 19.5. The first-order valence-electron chi connectivity index (χ1n) is 10.1. The van der Waals surface area contributed by atoms with Gasteiger partial charge in [-0.25, -0.2) is 4.39 Å². The molecular formula is C24H24FN5OS. The minimum Gasteiger partial charge on any atom is -0.397 e. The van der Waals surface area contributed by atoms with Gasteiger partial charge in [0.05, 0.1) is 24.5 Å². The Labute approximate surface area is 190 Å². The summed E-state index contributed by atoms with van der Waals surface area (Å²) in [5.74, 6) is -0.280. The molecule has 0 atom stereocenters. The summed E-state index contributed by atoms with van der Waals surface area (Å²) in [6.45, 7) is 7.52. The molecule has 0 unspecified atom stereocenters. The summed E-state index contributed by atoms with van der Waals surface area (Å²) in [5, 5.41) is 9.03. The number of rotatable bonds is 5. The summed E-state index contributed by atoms with van der Waals surface area (Å²) >= 11 is 1.20. The normalized spacial score (nSPS) is 15.9. The molecule has 6 nitrogen and oxygen atoms in total. The topological polar surface area (TPSA) is 84.5 Å². The Balaban J connectivity index is 1.57. The van der Waals surface area contributed by atoms with E-state index in [1.807, 2.05) is 32.1 Å². The first kappa shape index (κ1) is 21.8. The van der Waals surface area contributed by atoms with Crippen molar-refractivity contribution in [3.8, 4) is 0 Å². The lowest BCUT2D eigenvalue weighted by molar-refractivity contribution is -0.0227. The molecule has 0 spiro atoms. The molecule has 1 saturated heterocycles. The van der Waals surface area contributed by atoms with Crippen molar-refractivity contribution in [1.29, 1.82) is 0 Å². The zero-order valence-electron chi connectivity index (χ0n) is 18.2. The zero-order valence-corrected chi connectivity index (χ0v) is 19.0. The van der Waals surface area contributed by atoms with Crippen molar-refractivity contribution in [1.82, 2.24) is 15.1 Å². The number of alkyl halides is 1. The van der Waals surface area contributed by atoms with Gasteiger partial charge in [-0.05, 0) is 48.3 Å². The van der Waals surface area contributed by atoms with E-state index in [2.05, 4.69) is 21.8 Å². The van der Waals surface area contributed by atoms with Crippen molar-refractivity contribution in [2.45, 2.75) is 19.5 Å². The van der Waals surface area contributed by atoms with Gasteiger partial charge in [-0.1, -0.05) is 30.9 Å². The van der Waals surface area contributed by atoms with Crippen LogP contribution in [0.5, 0.6) is 0 Å². The number of aliphatic imine (C=N–C) groups is 1. The van der Waals surface area contributed by atoms with Crippen LogP contribution in [0, 0.1) is 13.8 Å². The number of aryl methyl sites for hydroxylation is 2. The van der Waals surface area contributed by atoms with E-state index in [1.165, 1.54) is 16.2 Å². The van der Waals surface area contributed by atoms with E-state index in [4.69, 9.17) is 5.73 Å². The number of benzene rings is 1. The standard InChI is InChI=1S/C24H24FN5OS/c1-5-16(9-10-27-4)17-7-6-8-18(11-17)24(25)12-30(13-24)23(31)21-20(26)19-14(2)15(3)28-29-22(19)32-21/h5-11H,1,12-13,26H2,2-4H3/b16-9+,27-10?. The van der Waals surface area contributed by atoms with Gasteiger partial charge in [-0.15, -0.1) is 16.4 Å². The maximum atomic E-state index is 15.7. The number of nitrogens with two attached hydrogens (primary N) is 1. The molecule has 3 heterocycles. The number of carbonyl (C=O) groups is 1. The van der Waals surface area contributed by atoms with Crippen LogP contribution in [0.2, 0.25) is 0 Å². The maximum Gasteiger partial charge on any atom is 0.266 e. The fraction of sp³-hybridized carbons (Fsp3) is 0.250. The predicted molar refractivity (Wildman–Crippen MR) is 129 cm³/mol. The molecule has 1 amide bonds. The Hall–Kier alpha value is -3.39. The molecule has 0 aliphatic carbocycles. The van der Waals surface area contributed by atoms with Crippen LogP contribution in [0.25, 0.3) is 15.8 Å². The average molecular weight is 450 g/mol. The van der Waals surface area contributed by atoms with Crippen molar-refractivity contribution in [2.75, 3.05) is 25.9 Å². The van der Waals surface area contributed by atoms with Crippen LogP contribution in [-0.2, 0) is 5.67 Å². The Morgan fingerprint density at radius 3 is 2.78 bits per heavy atom. The number of amides is 1. The zero-order chi connectivity index (χ0) is 23.0. The number of fused-ring (bicyclic) bond motifs is 1. The van der Waals surface area contributed by atoms with Crippen LogP contribution in [0.3, 0.4) is 0 Å². The first-order valence-corrected chi connectivity index (χ1v) is 11.0. The number of hydrogen-bond donors (Lipinski definition) is 1. The molecule has 3 aromatic rings. The highest BCUT2D eigenvalue weighted by Crippen LogP contribution is 2.41. The second kappa shape index (κ2) is 8.27. The highest BCUT2D eigenvalue weighted by Gasteiger charge is 2.48. The second-order valence-corrected chi connectivity index (χ2v) is 8.88. The fourth-order valence-corrected chi connectivity index (χ4v) is 4.91. The van der Waals surface area contributed by atoms with Gasteiger partial charge in [0.25, 0.3) is 5.91 Å². The molecule has 1 fully saturated rings. The van der Waals surface area contributed by atoms with E-state index >= 15 is 4.39 Å². The van der Waals surface area contributed by atoms with Crippen molar-refractivity contribution in [3.05, 3.63) is 70.3 Å². The summed E-state index contributed by atoms with van der Waals surface area (Å²) in [7, 11) is 1.68. The van der Waals surface area contributed by atoms with Gasteiger partial charge in [-0.2, -0.15) is 5.10 Å². The number of nitrogens with zero attached hydrogens (tertiary/aromatic N) is 4. The van der Waals surface area contributed by atoms with E-state index < -0.39 is 5.67 Å². The summed E-state index contributed by atoms with van der Waals surface area (Å²) in [6.07, 6.45) is 5.20. The monoisotopic (exact) mass is 449 g/mol. The average Bonchev–Trinajstić information content (AvgIpc) is 3.11. The number of halogens is 1. The third-order valence-corrected chi connectivity index (χ3v) is 6.91. The molecule has 32 heavy (non-hydrogen) atoms. The number of allylic oxidation sites excluding steroid dienone is 3. The summed E-state index contributed by atoms with van der Waals surface area (Å²) in [6, 6.07) is 7.25. The molecule has 8 heteroatoms. The Morgan fingerprint density at radius 2 is 2.09 bits per heavy atom. The third-order valence-electron chi connectivity index (χ3n) is 5.84. The molecule has 1 aromatic carbocycles. The smallest absolute Gasteiger partial charge is 0.266 e. The van der Waals surface area contributed by atoms with Crippen LogP contribution in [0.4, 0.5) is 10.1 Å². The molecule has 1 aliphatic heterocycles. The molecule has 4 rings (SSSR count). The van der Waals surface area contributed by atoms with Crippen LogP contribution < -0.4 is 5.73 Å². The van der Waals surface area contributed by atoms with Gasteiger partial charge >= 0.3 is 0 Å². The Morgan fingerprint density at radius 1 is 1.34 bits per heavy atom. The largest absolute Gasteiger partial charge is 0.397 e. The lowest BCUT2D eigenvalue weighted by Gasteiger charge is -2.44. The Bertz CT molecular complexity index is 1290. The van der Waals surface area contributed by atoms with Gasteiger partial charge in [0.15, 0.2) is 5.67 Å². The van der Waals surface area contributed by atoms with Gasteiger partial charge < -0.3 is 10.6 Å². The number of aromatic nitrogens is 2. The fourth-order valence-electron chi connectivity index (χ4n) is 3.84. The SMILES string of the molecule is C=C/C(=C\C=NC)c1cccc(C2(F)CN(C(=O)c3sc4nnc(C)c(C)c4c3N)C2)c1. The van der Waals surface area contributed by atoms with Crippen LogP contribution in [-0.4, -0.2) is 47.4 Å². The number of nitrogen functional groups attached to an aromatic ring is 1. The number of thiophene rings is 1. The molecular weight excluding hydrogens is 425 g/mol. The van der Waals surface area contributed by atoms with E-state index in [0.717, 1.165) is 27.8 Å². The van der Waals surface area contributed by atoms with Gasteiger partial charge in [0, 0.05) is 18.6 Å². The summed E-state index contributed by atoms with van der Waals surface area (Å²) < 4.78 is 15.7. The highest BCUT2D eigenvalue weighted by molar-refractivity contribution is 7.21. The third kappa shape index (κ3) is 3.60. The van der Waals surface area contributed by atoms with Crippen molar-refractivity contribution < 1.29 is 9.18 Å². The summed E-state index contributed by atoms with van der Waals surface area (Å²) in [5.41, 5.74) is 8.96. The maximum absolute atomic E-state index is 15.7. The molecule has 1 aliphatic rings. The molecule has 0 saturated carbocycles. The lowest BCUT2D eigenvalue weighted by atomic mass is 9.86. The van der Waals surface area contributed by atoms with Gasteiger partial charge in [0.2, 0.25) is 0 Å². The molecule has 0 bridgehead atoms. The van der Waals surface area contributed by atoms with Crippen LogP contribution in [0.1, 0.15) is 32.1 Å². The predicted octanol–water partition coefficient (Wildman–Crippen LogP) is 4.48. The van der Waals surface area contributed by atoms with Crippen molar-refractivity contribution in [2.24, 2.45) is 4.99 Å². The van der Waals surface area contributed by atoms with E-state index in [9.17, 15) is 4.79 Å². The van der Waals surface area contributed by atoms with Gasteiger partial charge in [-0.3, -0.25) is 9.79 Å². The van der Waals surface area contributed by atoms with Crippen molar-refractivity contribution >= 4 is 44.9 Å². The molecule has 164 valence electrons. The quantitative estimate of drug-likeness (QED) is 0.460. The van der Waals surface area contributed by atoms with Crippen LogP contribution >= 0.6 is 11.3 Å². The highest BCUT2D eigenvalue weighted by atomic mass is 32.1. The van der Waals surface area contributed by atoms with E-state index in [0.29, 0.717) is 21.0 Å². The van der Waals surface area contributed by atoms with Crippen molar-refractivity contribution in [3.63, 3.8) is 0 Å². The van der Waals surface area contributed by atoms with Gasteiger partial charge in [0.1, 0.15) is 9.71 Å². The number of hydrogen-bond acceptors (Lipinski definition) is 6. The number of likely N-dealkylation sites (tertiary alicyclic amines) is 1. The molecule has 2 aromatic heterocycles. The lowest BCUT2D eigenvalue weighted by Crippen LogP contribution is -2.58. The van der Waals surface area contributed by atoms with E-state index in [-0.39, 0.29) is 19.0 Å². The van der Waals surface area contributed by atoms with Crippen LogP contribution in [0.15, 0.2) is 48.0 Å². The number of anilines is 1.